The molecule has 1 aromatic rings. The third-order valence-corrected chi connectivity index (χ3v) is 3.92. The van der Waals surface area contributed by atoms with Crippen LogP contribution < -0.4 is 5.73 Å². The van der Waals surface area contributed by atoms with Crippen molar-refractivity contribution in [2.24, 2.45) is 5.73 Å². The molecule has 0 aromatic heterocycles. The van der Waals surface area contributed by atoms with E-state index in [1.54, 1.807) is 12.1 Å². The molecule has 0 aliphatic carbocycles. The summed E-state index contributed by atoms with van der Waals surface area (Å²) in [5.41, 5.74) is 6.65. The molecule has 19 heavy (non-hydrogen) atoms. The molecule has 0 bridgehead atoms. The smallest absolute Gasteiger partial charge is 0.288 e. The summed E-state index contributed by atoms with van der Waals surface area (Å²) in [6.45, 7) is 3.95. The van der Waals surface area contributed by atoms with E-state index in [1.165, 1.54) is 6.07 Å². The zero-order chi connectivity index (χ0) is 14.0. The molecule has 0 saturated carbocycles. The molecule has 1 saturated heterocycles. The lowest BCUT2D eigenvalue weighted by Gasteiger charge is -2.35. The predicted molar refractivity (Wildman–Crippen MR) is 75.2 cm³/mol. The maximum absolute atomic E-state index is 10.9. The topological polar surface area (TPSA) is 72.4 Å². The Morgan fingerprint density at radius 3 is 2.68 bits per heavy atom. The summed E-state index contributed by atoms with van der Waals surface area (Å²) in [5, 5.41) is 11.0. The van der Waals surface area contributed by atoms with Gasteiger partial charge in [-0.05, 0) is 44.5 Å². The Balaban J connectivity index is 2.18. The van der Waals surface area contributed by atoms with Crippen LogP contribution in [-0.4, -0.2) is 28.6 Å². The molecule has 1 aromatic carbocycles. The largest absolute Gasteiger partial charge is 0.313 e. The molecule has 1 aliphatic rings. The summed E-state index contributed by atoms with van der Waals surface area (Å²) in [5.74, 6) is 0. The second-order valence-electron chi connectivity index (χ2n) is 5.27. The Hall–Kier alpha value is -1.17. The van der Waals surface area contributed by atoms with Gasteiger partial charge in [0.2, 0.25) is 0 Å². The third-order valence-electron chi connectivity index (χ3n) is 3.60. The highest BCUT2D eigenvalue weighted by Crippen LogP contribution is 2.28. The van der Waals surface area contributed by atoms with Gasteiger partial charge in [0.1, 0.15) is 5.02 Å². The van der Waals surface area contributed by atoms with Gasteiger partial charge in [0.25, 0.3) is 5.69 Å². The first-order valence-electron chi connectivity index (χ1n) is 6.37. The monoisotopic (exact) mass is 283 g/mol. The van der Waals surface area contributed by atoms with Gasteiger partial charge in [0.15, 0.2) is 0 Å². The van der Waals surface area contributed by atoms with E-state index < -0.39 is 10.6 Å². The minimum Gasteiger partial charge on any atom is -0.313 e. The summed E-state index contributed by atoms with van der Waals surface area (Å²) < 4.78 is 0. The molecule has 1 atom stereocenters. The highest BCUT2D eigenvalue weighted by Gasteiger charge is 2.30. The van der Waals surface area contributed by atoms with E-state index in [1.807, 2.05) is 6.92 Å². The first-order valence-corrected chi connectivity index (χ1v) is 6.75. The van der Waals surface area contributed by atoms with Crippen LogP contribution in [0.2, 0.25) is 5.02 Å². The Labute approximate surface area is 117 Å². The van der Waals surface area contributed by atoms with Crippen molar-refractivity contribution in [1.29, 1.82) is 0 Å². The van der Waals surface area contributed by atoms with Crippen LogP contribution in [0.3, 0.4) is 0 Å². The second-order valence-corrected chi connectivity index (χ2v) is 5.68. The maximum Gasteiger partial charge on any atom is 0.288 e. The average Bonchev–Trinajstić information content (AvgIpc) is 2.85. The van der Waals surface area contributed by atoms with Gasteiger partial charge in [-0.15, -0.1) is 0 Å². The van der Waals surface area contributed by atoms with Gasteiger partial charge in [-0.3, -0.25) is 15.0 Å². The Morgan fingerprint density at radius 1 is 1.47 bits per heavy atom. The lowest BCUT2D eigenvalue weighted by atomic mass is 10.0. The van der Waals surface area contributed by atoms with Crippen molar-refractivity contribution < 1.29 is 4.92 Å². The Morgan fingerprint density at radius 2 is 2.11 bits per heavy atom. The van der Waals surface area contributed by atoms with Gasteiger partial charge in [-0.25, -0.2) is 0 Å². The van der Waals surface area contributed by atoms with E-state index in [9.17, 15) is 10.1 Å². The first kappa shape index (κ1) is 14.2. The van der Waals surface area contributed by atoms with Crippen LogP contribution in [0, 0.1) is 10.1 Å². The molecule has 1 unspecified atom stereocenters. The summed E-state index contributed by atoms with van der Waals surface area (Å²) in [6, 6.07) is 4.88. The number of hydrogen-bond donors (Lipinski definition) is 1. The van der Waals surface area contributed by atoms with Crippen molar-refractivity contribution in [3.8, 4) is 0 Å². The van der Waals surface area contributed by atoms with E-state index in [2.05, 4.69) is 4.90 Å². The number of nitro groups is 1. The van der Waals surface area contributed by atoms with Crippen molar-refractivity contribution in [2.75, 3.05) is 13.1 Å². The van der Waals surface area contributed by atoms with Gasteiger partial charge >= 0.3 is 0 Å². The third kappa shape index (κ3) is 3.23. The van der Waals surface area contributed by atoms with Crippen LogP contribution in [-0.2, 0) is 6.42 Å². The van der Waals surface area contributed by atoms with Crippen molar-refractivity contribution in [3.63, 3.8) is 0 Å². The number of nitrogens with zero attached hydrogens (tertiary/aromatic N) is 2. The minimum atomic E-state index is -0.474. The number of rotatable bonds is 4. The van der Waals surface area contributed by atoms with Crippen LogP contribution in [0.25, 0.3) is 0 Å². The van der Waals surface area contributed by atoms with Gasteiger partial charge in [-0.2, -0.15) is 0 Å². The van der Waals surface area contributed by atoms with Gasteiger partial charge in [0.05, 0.1) is 10.6 Å². The molecule has 2 rings (SSSR count). The van der Waals surface area contributed by atoms with Crippen LogP contribution in [0.1, 0.15) is 25.3 Å². The normalized spacial score (nSPS) is 19.3. The molecule has 6 heteroatoms. The summed E-state index contributed by atoms with van der Waals surface area (Å²) >= 11 is 5.81. The molecule has 1 fully saturated rings. The Kier molecular flexibility index (Phi) is 4.08. The molecular weight excluding hydrogens is 266 g/mol. The lowest BCUT2D eigenvalue weighted by molar-refractivity contribution is -0.384. The molecular formula is C13H18ClN3O2. The zero-order valence-corrected chi connectivity index (χ0v) is 11.7. The van der Waals surface area contributed by atoms with E-state index in [-0.39, 0.29) is 10.7 Å². The number of nitrogens with two attached hydrogens (primary N) is 1. The van der Waals surface area contributed by atoms with Crippen LogP contribution in [0.4, 0.5) is 5.69 Å². The zero-order valence-electron chi connectivity index (χ0n) is 10.9. The number of hydrogen-bond acceptors (Lipinski definition) is 4. The Bertz CT molecular complexity index is 485. The molecule has 5 nitrogen and oxygen atoms in total. The molecule has 104 valence electrons. The van der Waals surface area contributed by atoms with Crippen LogP contribution in [0.15, 0.2) is 18.2 Å². The second kappa shape index (κ2) is 5.45. The molecule has 1 heterocycles. The fraction of sp³-hybridized carbons (Fsp3) is 0.538. The van der Waals surface area contributed by atoms with E-state index in [0.29, 0.717) is 6.42 Å². The molecule has 0 spiro atoms. The fourth-order valence-corrected chi connectivity index (χ4v) is 2.75. The number of benzene rings is 1. The predicted octanol–water partition coefficient (Wildman–Crippen LogP) is 2.56. The molecule has 1 aliphatic heterocycles. The number of likely N-dealkylation sites (tertiary alicyclic amines) is 1. The fourth-order valence-electron chi connectivity index (χ4n) is 2.56. The highest BCUT2D eigenvalue weighted by molar-refractivity contribution is 6.32. The van der Waals surface area contributed by atoms with E-state index in [0.717, 1.165) is 31.5 Å². The van der Waals surface area contributed by atoms with Gasteiger partial charge < -0.3 is 5.73 Å². The quantitative estimate of drug-likeness (QED) is 0.681. The van der Waals surface area contributed by atoms with E-state index in [4.69, 9.17) is 17.3 Å². The van der Waals surface area contributed by atoms with Crippen molar-refractivity contribution in [2.45, 2.75) is 31.8 Å². The summed E-state index contributed by atoms with van der Waals surface area (Å²) in [4.78, 5) is 12.6. The minimum absolute atomic E-state index is 0.0589. The van der Waals surface area contributed by atoms with Gasteiger partial charge in [-0.1, -0.05) is 17.7 Å². The van der Waals surface area contributed by atoms with E-state index >= 15 is 0 Å². The van der Waals surface area contributed by atoms with Crippen molar-refractivity contribution in [3.05, 3.63) is 38.9 Å². The van der Waals surface area contributed by atoms with Crippen molar-refractivity contribution >= 4 is 17.3 Å². The first-order chi connectivity index (χ1) is 8.90. The number of halogens is 1. The van der Waals surface area contributed by atoms with Crippen molar-refractivity contribution in [1.82, 2.24) is 4.90 Å². The standard InChI is InChI=1S/C13H18ClN3O2/c1-13(15,16-6-2-3-7-16)9-10-4-5-11(14)12(8-10)17(18)19/h4-5,8H,2-3,6-7,9,15H2,1H3. The molecule has 0 amide bonds. The highest BCUT2D eigenvalue weighted by atomic mass is 35.5. The van der Waals surface area contributed by atoms with Crippen LogP contribution in [0.5, 0.6) is 0 Å². The SMILES string of the molecule is CC(N)(Cc1ccc(Cl)c([N+](=O)[O-])c1)N1CCCC1. The average molecular weight is 284 g/mol. The number of nitro benzene ring substituents is 1. The summed E-state index contributed by atoms with van der Waals surface area (Å²) in [6.07, 6.45) is 2.89. The molecule has 2 N–H and O–H groups in total. The van der Waals surface area contributed by atoms with Crippen LogP contribution >= 0.6 is 11.6 Å². The lowest BCUT2D eigenvalue weighted by Crippen LogP contribution is -2.53. The maximum atomic E-state index is 10.9. The molecule has 0 radical (unpaired) electrons. The van der Waals surface area contributed by atoms with Gasteiger partial charge in [0, 0.05) is 12.5 Å². The summed E-state index contributed by atoms with van der Waals surface area (Å²) in [7, 11) is 0.